The molecule has 1 aliphatic carbocycles. The van der Waals surface area contributed by atoms with Crippen LogP contribution in [0, 0.1) is 12.8 Å². The van der Waals surface area contributed by atoms with Gasteiger partial charge in [-0.15, -0.1) is 0 Å². The van der Waals surface area contributed by atoms with E-state index in [2.05, 4.69) is 0 Å². The third kappa shape index (κ3) is 2.91. The van der Waals surface area contributed by atoms with E-state index in [1.807, 2.05) is 25.1 Å². The highest BCUT2D eigenvalue weighted by molar-refractivity contribution is 5.49. The van der Waals surface area contributed by atoms with Crippen molar-refractivity contribution in [2.75, 3.05) is 12.3 Å². The van der Waals surface area contributed by atoms with Gasteiger partial charge in [-0.2, -0.15) is 0 Å². The minimum absolute atomic E-state index is 0.756. The molecular weight excluding hydrogens is 198 g/mol. The average Bonchev–Trinajstić information content (AvgIpc) is 2.32. The first-order valence-corrected chi connectivity index (χ1v) is 6.24. The predicted molar refractivity (Wildman–Crippen MR) is 67.7 cm³/mol. The van der Waals surface area contributed by atoms with E-state index in [1.54, 1.807) is 0 Å². The molecule has 1 aromatic carbocycles. The fraction of sp³-hybridized carbons (Fsp3) is 0.571. The number of hydrogen-bond donors (Lipinski definition) is 1. The van der Waals surface area contributed by atoms with Crippen molar-refractivity contribution in [2.24, 2.45) is 5.92 Å². The standard InChI is InChI=1S/C14H21NO/c1-11-9-13(7-8-14(11)15)16-10-12-5-3-2-4-6-12/h7-9,12H,2-6,10,15H2,1H3. The third-order valence-corrected chi connectivity index (χ3v) is 3.45. The molecule has 2 nitrogen and oxygen atoms in total. The molecule has 16 heavy (non-hydrogen) atoms. The van der Waals surface area contributed by atoms with Crippen LogP contribution in [0.3, 0.4) is 0 Å². The molecule has 1 fully saturated rings. The van der Waals surface area contributed by atoms with Gasteiger partial charge in [0.1, 0.15) is 5.75 Å². The van der Waals surface area contributed by atoms with Crippen LogP contribution in [-0.4, -0.2) is 6.61 Å². The first-order valence-electron chi connectivity index (χ1n) is 6.24. The van der Waals surface area contributed by atoms with Gasteiger partial charge in [-0.3, -0.25) is 0 Å². The first kappa shape index (κ1) is 11.3. The Morgan fingerprint density at radius 2 is 2.00 bits per heavy atom. The molecule has 0 unspecified atom stereocenters. The van der Waals surface area contributed by atoms with Crippen molar-refractivity contribution in [3.8, 4) is 5.75 Å². The topological polar surface area (TPSA) is 35.2 Å². The minimum atomic E-state index is 0.756. The van der Waals surface area contributed by atoms with Crippen molar-refractivity contribution in [3.05, 3.63) is 23.8 Å². The SMILES string of the molecule is Cc1cc(OCC2CCCCC2)ccc1N. The normalized spacial score (nSPS) is 17.3. The van der Waals surface area contributed by atoms with E-state index < -0.39 is 0 Å². The molecule has 2 heteroatoms. The second kappa shape index (κ2) is 5.24. The fourth-order valence-electron chi connectivity index (χ4n) is 2.31. The summed E-state index contributed by atoms with van der Waals surface area (Å²) in [5.74, 6) is 1.71. The van der Waals surface area contributed by atoms with Crippen LogP contribution in [0.15, 0.2) is 18.2 Å². The number of benzene rings is 1. The van der Waals surface area contributed by atoms with Crippen LogP contribution in [0.5, 0.6) is 5.75 Å². The van der Waals surface area contributed by atoms with Crippen LogP contribution in [0.25, 0.3) is 0 Å². The maximum absolute atomic E-state index is 5.83. The van der Waals surface area contributed by atoms with Gasteiger partial charge in [-0.05, 0) is 49.4 Å². The van der Waals surface area contributed by atoms with Gasteiger partial charge in [0, 0.05) is 5.69 Å². The number of ether oxygens (including phenoxy) is 1. The van der Waals surface area contributed by atoms with Crippen LogP contribution in [0.2, 0.25) is 0 Å². The Morgan fingerprint density at radius 1 is 1.25 bits per heavy atom. The Hall–Kier alpha value is -1.18. The molecule has 0 bridgehead atoms. The van der Waals surface area contributed by atoms with Crippen LogP contribution in [0.1, 0.15) is 37.7 Å². The van der Waals surface area contributed by atoms with Gasteiger partial charge in [-0.25, -0.2) is 0 Å². The second-order valence-electron chi connectivity index (χ2n) is 4.83. The highest BCUT2D eigenvalue weighted by atomic mass is 16.5. The molecule has 0 saturated heterocycles. The summed E-state index contributed by atoms with van der Waals surface area (Å²) in [6.07, 6.45) is 6.79. The molecule has 2 N–H and O–H groups in total. The fourth-order valence-corrected chi connectivity index (χ4v) is 2.31. The maximum atomic E-state index is 5.83. The molecule has 88 valence electrons. The van der Waals surface area contributed by atoms with Gasteiger partial charge in [0.15, 0.2) is 0 Å². The van der Waals surface area contributed by atoms with Crippen molar-refractivity contribution < 1.29 is 4.74 Å². The number of nitrogen functional groups attached to an aromatic ring is 1. The van der Waals surface area contributed by atoms with Gasteiger partial charge in [0.25, 0.3) is 0 Å². The molecular formula is C14H21NO. The third-order valence-electron chi connectivity index (χ3n) is 3.45. The summed E-state index contributed by atoms with van der Waals surface area (Å²) in [5.41, 5.74) is 7.71. The molecule has 0 radical (unpaired) electrons. The number of hydrogen-bond acceptors (Lipinski definition) is 2. The van der Waals surface area contributed by atoms with Crippen LogP contribution in [-0.2, 0) is 0 Å². The molecule has 0 aromatic heterocycles. The van der Waals surface area contributed by atoms with Gasteiger partial charge < -0.3 is 10.5 Å². The van der Waals surface area contributed by atoms with Crippen LogP contribution >= 0.6 is 0 Å². The predicted octanol–water partition coefficient (Wildman–Crippen LogP) is 3.54. The van der Waals surface area contributed by atoms with Crippen molar-refractivity contribution in [3.63, 3.8) is 0 Å². The van der Waals surface area contributed by atoms with E-state index >= 15 is 0 Å². The lowest BCUT2D eigenvalue weighted by atomic mass is 9.90. The molecule has 1 aliphatic rings. The molecule has 1 saturated carbocycles. The van der Waals surface area contributed by atoms with Gasteiger partial charge in [0.05, 0.1) is 6.61 Å². The lowest BCUT2D eigenvalue weighted by Gasteiger charge is -2.21. The summed E-state index contributed by atoms with van der Waals surface area (Å²) < 4.78 is 5.83. The van der Waals surface area contributed by atoms with E-state index in [9.17, 15) is 0 Å². The van der Waals surface area contributed by atoms with Crippen molar-refractivity contribution in [1.82, 2.24) is 0 Å². The summed E-state index contributed by atoms with van der Waals surface area (Å²) in [5, 5.41) is 0. The quantitative estimate of drug-likeness (QED) is 0.789. The minimum Gasteiger partial charge on any atom is -0.493 e. The zero-order valence-electron chi connectivity index (χ0n) is 10.0. The zero-order chi connectivity index (χ0) is 11.4. The molecule has 0 aliphatic heterocycles. The monoisotopic (exact) mass is 219 g/mol. The summed E-state index contributed by atoms with van der Waals surface area (Å²) >= 11 is 0. The highest BCUT2D eigenvalue weighted by Crippen LogP contribution is 2.25. The Balaban J connectivity index is 1.86. The zero-order valence-corrected chi connectivity index (χ0v) is 10.0. The van der Waals surface area contributed by atoms with E-state index in [0.29, 0.717) is 0 Å². The lowest BCUT2D eigenvalue weighted by Crippen LogP contribution is -2.15. The molecule has 0 heterocycles. The van der Waals surface area contributed by atoms with E-state index in [4.69, 9.17) is 10.5 Å². The van der Waals surface area contributed by atoms with Gasteiger partial charge in [-0.1, -0.05) is 19.3 Å². The first-order chi connectivity index (χ1) is 7.75. The molecule has 0 atom stereocenters. The van der Waals surface area contributed by atoms with Crippen LogP contribution in [0.4, 0.5) is 5.69 Å². The maximum Gasteiger partial charge on any atom is 0.119 e. The average molecular weight is 219 g/mol. The largest absolute Gasteiger partial charge is 0.493 e. The van der Waals surface area contributed by atoms with Crippen LogP contribution < -0.4 is 10.5 Å². The number of aryl methyl sites for hydroxylation is 1. The van der Waals surface area contributed by atoms with E-state index in [1.165, 1.54) is 32.1 Å². The number of rotatable bonds is 3. The number of anilines is 1. The molecule has 1 aromatic rings. The molecule has 0 amide bonds. The summed E-state index contributed by atoms with van der Waals surface area (Å²) in [6, 6.07) is 5.91. The van der Waals surface area contributed by atoms with Crippen molar-refractivity contribution in [1.29, 1.82) is 0 Å². The Bertz CT molecular complexity index is 343. The Morgan fingerprint density at radius 3 is 2.69 bits per heavy atom. The lowest BCUT2D eigenvalue weighted by molar-refractivity contribution is 0.209. The van der Waals surface area contributed by atoms with Crippen molar-refractivity contribution >= 4 is 5.69 Å². The van der Waals surface area contributed by atoms with E-state index in [0.717, 1.165) is 29.5 Å². The van der Waals surface area contributed by atoms with Crippen molar-refractivity contribution in [2.45, 2.75) is 39.0 Å². The second-order valence-corrected chi connectivity index (χ2v) is 4.83. The Kier molecular flexibility index (Phi) is 3.70. The smallest absolute Gasteiger partial charge is 0.119 e. The molecule has 2 rings (SSSR count). The number of nitrogens with two attached hydrogens (primary N) is 1. The van der Waals surface area contributed by atoms with Gasteiger partial charge >= 0.3 is 0 Å². The van der Waals surface area contributed by atoms with E-state index in [-0.39, 0.29) is 0 Å². The summed E-state index contributed by atoms with van der Waals surface area (Å²) in [6.45, 7) is 2.88. The highest BCUT2D eigenvalue weighted by Gasteiger charge is 2.13. The Labute approximate surface area is 97.8 Å². The summed E-state index contributed by atoms with van der Waals surface area (Å²) in [4.78, 5) is 0. The van der Waals surface area contributed by atoms with Gasteiger partial charge in [0.2, 0.25) is 0 Å². The molecule has 0 spiro atoms. The summed E-state index contributed by atoms with van der Waals surface area (Å²) in [7, 11) is 0.